The molecule has 0 bridgehead atoms. The van der Waals surface area contributed by atoms with Crippen LogP contribution < -0.4 is 5.32 Å². The molecule has 2 aromatic rings. The molecular formula is C17H25N3S. The number of benzene rings is 1. The normalized spacial score (nSPS) is 12.6. The lowest BCUT2D eigenvalue weighted by atomic mass is 10.0. The fraction of sp³-hybridized carbons (Fsp3) is 0.471. The van der Waals surface area contributed by atoms with Crippen LogP contribution >= 0.6 is 11.8 Å². The van der Waals surface area contributed by atoms with Crippen molar-refractivity contribution >= 4 is 11.8 Å². The fourth-order valence-corrected chi connectivity index (χ4v) is 3.73. The van der Waals surface area contributed by atoms with Gasteiger partial charge in [-0.2, -0.15) is 5.10 Å². The van der Waals surface area contributed by atoms with E-state index in [9.17, 15) is 0 Å². The smallest absolute Gasteiger partial charge is 0.0939 e. The molecule has 21 heavy (non-hydrogen) atoms. The largest absolute Gasteiger partial charge is 0.309 e. The third-order valence-corrected chi connectivity index (χ3v) is 4.79. The highest BCUT2D eigenvalue weighted by molar-refractivity contribution is 7.99. The van der Waals surface area contributed by atoms with E-state index >= 15 is 0 Å². The van der Waals surface area contributed by atoms with Gasteiger partial charge in [0.2, 0.25) is 0 Å². The zero-order chi connectivity index (χ0) is 15.4. The van der Waals surface area contributed by atoms with Crippen LogP contribution in [0.5, 0.6) is 0 Å². The van der Waals surface area contributed by atoms with Crippen LogP contribution in [-0.4, -0.2) is 22.1 Å². The minimum absolute atomic E-state index is 0.371. The zero-order valence-electron chi connectivity index (χ0n) is 13.6. The maximum atomic E-state index is 4.41. The summed E-state index contributed by atoms with van der Waals surface area (Å²) in [7, 11) is 2.01. The van der Waals surface area contributed by atoms with Gasteiger partial charge in [0.05, 0.1) is 10.7 Å². The van der Waals surface area contributed by atoms with Crippen molar-refractivity contribution in [1.29, 1.82) is 0 Å². The molecule has 2 rings (SSSR count). The molecule has 0 fully saturated rings. The maximum Gasteiger partial charge on any atom is 0.0939 e. The molecule has 1 aromatic carbocycles. The van der Waals surface area contributed by atoms with Crippen LogP contribution in [0.2, 0.25) is 0 Å². The number of thioether (sulfide) groups is 1. The highest BCUT2D eigenvalue weighted by atomic mass is 32.2. The first kappa shape index (κ1) is 16.1. The van der Waals surface area contributed by atoms with Crippen LogP contribution in [0.25, 0.3) is 0 Å². The first-order chi connectivity index (χ1) is 10.0. The van der Waals surface area contributed by atoms with Gasteiger partial charge < -0.3 is 5.32 Å². The summed E-state index contributed by atoms with van der Waals surface area (Å²) < 4.78 is 1.96. The number of rotatable bonds is 6. The molecule has 1 aromatic heterocycles. The average molecular weight is 303 g/mol. The van der Waals surface area contributed by atoms with Crippen LogP contribution in [0.15, 0.2) is 29.3 Å². The molecule has 1 atom stereocenters. The van der Waals surface area contributed by atoms with Gasteiger partial charge in [0.25, 0.3) is 0 Å². The Balaban J connectivity index is 2.13. The Kier molecular flexibility index (Phi) is 5.48. The molecule has 0 spiro atoms. The predicted octanol–water partition coefficient (Wildman–Crippen LogP) is 3.79. The molecule has 0 amide bonds. The molecule has 0 saturated heterocycles. The van der Waals surface area contributed by atoms with Gasteiger partial charge in [0.1, 0.15) is 0 Å². The minimum Gasteiger partial charge on any atom is -0.309 e. The first-order valence-corrected chi connectivity index (χ1v) is 8.43. The lowest BCUT2D eigenvalue weighted by molar-refractivity contribution is 0.601. The van der Waals surface area contributed by atoms with Gasteiger partial charge in [0.15, 0.2) is 0 Å². The van der Waals surface area contributed by atoms with Gasteiger partial charge in [-0.1, -0.05) is 30.7 Å². The van der Waals surface area contributed by atoms with E-state index in [2.05, 4.69) is 55.5 Å². The molecule has 0 aliphatic rings. The summed E-state index contributed by atoms with van der Waals surface area (Å²) in [4.78, 5) is 0. The summed E-state index contributed by atoms with van der Waals surface area (Å²) in [5.41, 5.74) is 5.16. The van der Waals surface area contributed by atoms with Crippen LogP contribution in [0, 0.1) is 20.8 Å². The van der Waals surface area contributed by atoms with Crippen LogP contribution in [0.4, 0.5) is 0 Å². The molecule has 0 saturated carbocycles. The zero-order valence-corrected chi connectivity index (χ0v) is 14.4. The Hall–Kier alpha value is -1.26. The second kappa shape index (κ2) is 7.14. The summed E-state index contributed by atoms with van der Waals surface area (Å²) >= 11 is 1.86. The lowest BCUT2D eigenvalue weighted by Crippen LogP contribution is -2.23. The predicted molar refractivity (Wildman–Crippen MR) is 91.0 cm³/mol. The Labute approximate surface area is 132 Å². The van der Waals surface area contributed by atoms with E-state index in [1.807, 2.05) is 30.4 Å². The standard InChI is InChI=1S/C17H25N3S/c1-6-18-16(15-8-7-12(2)9-13(15)3)11-21-17-10-14(4)19-20(17)5/h7-10,16,18H,6,11H2,1-5H3. The lowest BCUT2D eigenvalue weighted by Gasteiger charge is -2.20. The van der Waals surface area contributed by atoms with E-state index in [-0.39, 0.29) is 0 Å². The summed E-state index contributed by atoms with van der Waals surface area (Å²) in [5.74, 6) is 1.01. The van der Waals surface area contributed by atoms with E-state index in [0.717, 1.165) is 18.0 Å². The number of aromatic nitrogens is 2. The summed E-state index contributed by atoms with van der Waals surface area (Å²) in [6.45, 7) is 9.52. The monoisotopic (exact) mass is 303 g/mol. The van der Waals surface area contributed by atoms with Gasteiger partial charge in [-0.05, 0) is 44.5 Å². The topological polar surface area (TPSA) is 29.9 Å². The SMILES string of the molecule is CCNC(CSc1cc(C)nn1C)c1ccc(C)cc1C. The molecule has 1 unspecified atom stereocenters. The van der Waals surface area contributed by atoms with Crippen molar-refractivity contribution in [2.24, 2.45) is 7.05 Å². The molecular weight excluding hydrogens is 278 g/mol. The van der Waals surface area contributed by atoms with E-state index in [1.165, 1.54) is 21.7 Å². The Morgan fingerprint density at radius 1 is 1.24 bits per heavy atom. The van der Waals surface area contributed by atoms with Crippen LogP contribution in [0.1, 0.15) is 35.3 Å². The molecule has 4 heteroatoms. The van der Waals surface area contributed by atoms with E-state index in [1.54, 1.807) is 0 Å². The van der Waals surface area contributed by atoms with Crippen molar-refractivity contribution in [2.45, 2.75) is 38.8 Å². The highest BCUT2D eigenvalue weighted by Gasteiger charge is 2.14. The van der Waals surface area contributed by atoms with Crippen molar-refractivity contribution in [3.05, 3.63) is 46.6 Å². The molecule has 3 nitrogen and oxygen atoms in total. The number of nitrogens with one attached hydrogen (secondary N) is 1. The second-order valence-corrected chi connectivity index (χ2v) is 6.57. The Morgan fingerprint density at radius 2 is 2.00 bits per heavy atom. The van der Waals surface area contributed by atoms with E-state index in [4.69, 9.17) is 0 Å². The van der Waals surface area contributed by atoms with Crippen LogP contribution in [-0.2, 0) is 7.05 Å². The van der Waals surface area contributed by atoms with Gasteiger partial charge in [0, 0.05) is 18.8 Å². The summed E-state index contributed by atoms with van der Waals surface area (Å²) in [6, 6.07) is 9.24. The molecule has 1 heterocycles. The van der Waals surface area contributed by atoms with Gasteiger partial charge >= 0.3 is 0 Å². The third kappa shape index (κ3) is 4.11. The van der Waals surface area contributed by atoms with Crippen molar-refractivity contribution in [2.75, 3.05) is 12.3 Å². The quantitative estimate of drug-likeness (QED) is 0.824. The minimum atomic E-state index is 0.371. The van der Waals surface area contributed by atoms with Gasteiger partial charge in [-0.25, -0.2) is 0 Å². The molecule has 0 radical (unpaired) electrons. The highest BCUT2D eigenvalue weighted by Crippen LogP contribution is 2.27. The number of hydrogen-bond acceptors (Lipinski definition) is 3. The van der Waals surface area contributed by atoms with Crippen molar-refractivity contribution in [3.8, 4) is 0 Å². The summed E-state index contributed by atoms with van der Waals surface area (Å²) in [6.07, 6.45) is 0. The second-order valence-electron chi connectivity index (χ2n) is 5.53. The van der Waals surface area contributed by atoms with Crippen LogP contribution in [0.3, 0.4) is 0 Å². The summed E-state index contributed by atoms with van der Waals surface area (Å²) in [5, 5.41) is 9.24. The molecule has 114 valence electrons. The van der Waals surface area contributed by atoms with Gasteiger partial charge in [-0.3, -0.25) is 4.68 Å². The number of aryl methyl sites for hydroxylation is 4. The van der Waals surface area contributed by atoms with Crippen molar-refractivity contribution < 1.29 is 0 Å². The first-order valence-electron chi connectivity index (χ1n) is 7.45. The molecule has 0 aliphatic carbocycles. The average Bonchev–Trinajstić information content (AvgIpc) is 2.73. The van der Waals surface area contributed by atoms with Gasteiger partial charge in [-0.15, -0.1) is 11.8 Å². The molecule has 0 aliphatic heterocycles. The van der Waals surface area contributed by atoms with Crippen molar-refractivity contribution in [3.63, 3.8) is 0 Å². The number of hydrogen-bond donors (Lipinski definition) is 1. The Morgan fingerprint density at radius 3 is 2.57 bits per heavy atom. The molecule has 1 N–H and O–H groups in total. The van der Waals surface area contributed by atoms with E-state index in [0.29, 0.717) is 6.04 Å². The fourth-order valence-electron chi connectivity index (χ4n) is 2.61. The maximum absolute atomic E-state index is 4.41. The van der Waals surface area contributed by atoms with E-state index < -0.39 is 0 Å². The number of nitrogens with zero attached hydrogens (tertiary/aromatic N) is 2. The third-order valence-electron chi connectivity index (χ3n) is 3.61. The Bertz CT molecular complexity index is 604. The van der Waals surface area contributed by atoms with Crippen molar-refractivity contribution in [1.82, 2.24) is 15.1 Å².